The number of amides is 1. The highest BCUT2D eigenvalue weighted by molar-refractivity contribution is 7.14. The van der Waals surface area contributed by atoms with Crippen LogP contribution >= 0.6 is 11.3 Å². The first-order valence-corrected chi connectivity index (χ1v) is 8.42. The van der Waals surface area contributed by atoms with Gasteiger partial charge in [-0.2, -0.15) is 5.26 Å². The van der Waals surface area contributed by atoms with E-state index in [1.54, 1.807) is 12.1 Å². The van der Waals surface area contributed by atoms with Crippen molar-refractivity contribution >= 4 is 34.6 Å². The number of hydrogen-bond acceptors (Lipinski definition) is 7. The molecule has 134 valence electrons. The summed E-state index contributed by atoms with van der Waals surface area (Å²) in [6, 6.07) is 6.98. The standard InChI is InChI=1S/C17H15N3O5S/c1-3-14-10(2)6-15(26-14)17(22)25-9-16(21)19-13-5-4-12(20(23)24)7-11(13)8-18/h4-7H,3,9H2,1-2H3,(H,19,21). The van der Waals surface area contributed by atoms with Gasteiger partial charge in [0.1, 0.15) is 10.9 Å². The van der Waals surface area contributed by atoms with Crippen LogP contribution in [-0.2, 0) is 16.0 Å². The Hall–Kier alpha value is -3.25. The van der Waals surface area contributed by atoms with Crippen LogP contribution in [0.4, 0.5) is 11.4 Å². The lowest BCUT2D eigenvalue weighted by Crippen LogP contribution is -2.21. The molecule has 1 heterocycles. The minimum absolute atomic E-state index is 0.0552. The van der Waals surface area contributed by atoms with E-state index in [2.05, 4.69) is 5.32 Å². The number of carbonyl (C=O) groups excluding carboxylic acids is 2. The minimum atomic E-state index is -0.646. The van der Waals surface area contributed by atoms with Crippen LogP contribution in [-0.4, -0.2) is 23.4 Å². The number of nitro groups is 1. The van der Waals surface area contributed by atoms with Gasteiger partial charge in [-0.05, 0) is 31.0 Å². The number of esters is 1. The van der Waals surface area contributed by atoms with Crippen molar-refractivity contribution in [3.63, 3.8) is 0 Å². The molecule has 0 fully saturated rings. The normalized spacial score (nSPS) is 10.0. The van der Waals surface area contributed by atoms with Gasteiger partial charge in [0, 0.05) is 17.0 Å². The number of thiophene rings is 1. The van der Waals surface area contributed by atoms with Crippen LogP contribution in [0.15, 0.2) is 24.3 Å². The van der Waals surface area contributed by atoms with Gasteiger partial charge in [-0.3, -0.25) is 14.9 Å². The quantitative estimate of drug-likeness (QED) is 0.471. The lowest BCUT2D eigenvalue weighted by Gasteiger charge is -2.07. The summed E-state index contributed by atoms with van der Waals surface area (Å²) in [6.45, 7) is 3.36. The second kappa shape index (κ2) is 8.22. The van der Waals surface area contributed by atoms with Crippen molar-refractivity contribution in [1.82, 2.24) is 0 Å². The molecule has 8 nitrogen and oxygen atoms in total. The summed E-state index contributed by atoms with van der Waals surface area (Å²) in [5, 5.41) is 22.2. The molecule has 2 rings (SSSR count). The Labute approximate surface area is 153 Å². The van der Waals surface area contributed by atoms with Gasteiger partial charge in [0.25, 0.3) is 11.6 Å². The zero-order valence-electron chi connectivity index (χ0n) is 14.1. The Bertz CT molecular complexity index is 914. The van der Waals surface area contributed by atoms with E-state index in [4.69, 9.17) is 10.00 Å². The monoisotopic (exact) mass is 373 g/mol. The molecule has 0 unspecified atom stereocenters. The second-order valence-corrected chi connectivity index (χ2v) is 6.43. The summed E-state index contributed by atoms with van der Waals surface area (Å²) in [4.78, 5) is 35.5. The van der Waals surface area contributed by atoms with Gasteiger partial charge in [0.15, 0.2) is 6.61 Å². The first-order chi connectivity index (χ1) is 12.3. The smallest absolute Gasteiger partial charge is 0.348 e. The predicted molar refractivity (Wildman–Crippen MR) is 95.2 cm³/mol. The summed E-state index contributed by atoms with van der Waals surface area (Å²) < 4.78 is 4.98. The van der Waals surface area contributed by atoms with Crippen LogP contribution in [0.3, 0.4) is 0 Å². The van der Waals surface area contributed by atoms with E-state index in [9.17, 15) is 19.7 Å². The van der Waals surface area contributed by atoms with E-state index in [1.165, 1.54) is 23.5 Å². The maximum atomic E-state index is 12.0. The Morgan fingerprint density at radius 1 is 1.38 bits per heavy atom. The molecule has 0 aliphatic rings. The van der Waals surface area contributed by atoms with Crippen LogP contribution in [0.25, 0.3) is 0 Å². The molecule has 0 saturated carbocycles. The number of nitro benzene ring substituents is 1. The number of ether oxygens (including phenoxy) is 1. The first-order valence-electron chi connectivity index (χ1n) is 7.60. The third kappa shape index (κ3) is 4.43. The maximum Gasteiger partial charge on any atom is 0.348 e. The number of rotatable bonds is 6. The van der Waals surface area contributed by atoms with Crippen LogP contribution < -0.4 is 5.32 Å². The minimum Gasteiger partial charge on any atom is -0.451 e. The molecule has 1 N–H and O–H groups in total. The van der Waals surface area contributed by atoms with Crippen molar-refractivity contribution in [2.45, 2.75) is 20.3 Å². The Morgan fingerprint density at radius 3 is 2.69 bits per heavy atom. The fraction of sp³-hybridized carbons (Fsp3) is 0.235. The van der Waals surface area contributed by atoms with Gasteiger partial charge >= 0.3 is 5.97 Å². The van der Waals surface area contributed by atoms with Gasteiger partial charge in [-0.25, -0.2) is 4.79 Å². The van der Waals surface area contributed by atoms with Crippen molar-refractivity contribution in [2.75, 3.05) is 11.9 Å². The lowest BCUT2D eigenvalue weighted by atomic mass is 10.1. The fourth-order valence-corrected chi connectivity index (χ4v) is 3.21. The van der Waals surface area contributed by atoms with Crippen molar-refractivity contribution < 1.29 is 19.2 Å². The number of benzene rings is 1. The van der Waals surface area contributed by atoms with Crippen LogP contribution in [0.5, 0.6) is 0 Å². The van der Waals surface area contributed by atoms with Gasteiger partial charge in [0.2, 0.25) is 0 Å². The first kappa shape index (κ1) is 19.1. The molecular weight excluding hydrogens is 358 g/mol. The highest BCUT2D eigenvalue weighted by Gasteiger charge is 2.16. The number of nitrogens with one attached hydrogen (secondary N) is 1. The van der Waals surface area contributed by atoms with Crippen LogP contribution in [0.2, 0.25) is 0 Å². The summed E-state index contributed by atoms with van der Waals surface area (Å²) >= 11 is 1.32. The average molecular weight is 373 g/mol. The van der Waals surface area contributed by atoms with E-state index >= 15 is 0 Å². The van der Waals surface area contributed by atoms with E-state index in [-0.39, 0.29) is 16.9 Å². The number of nitrogens with zero attached hydrogens (tertiary/aromatic N) is 2. The highest BCUT2D eigenvalue weighted by atomic mass is 32.1. The number of anilines is 1. The van der Waals surface area contributed by atoms with Gasteiger partial charge in [0.05, 0.1) is 16.2 Å². The highest BCUT2D eigenvalue weighted by Crippen LogP contribution is 2.23. The van der Waals surface area contributed by atoms with Gasteiger partial charge < -0.3 is 10.1 Å². The third-order valence-electron chi connectivity index (χ3n) is 3.49. The maximum absolute atomic E-state index is 12.0. The van der Waals surface area contributed by atoms with Crippen molar-refractivity contribution in [2.24, 2.45) is 0 Å². The molecule has 1 amide bonds. The molecule has 1 aromatic carbocycles. The molecule has 0 atom stereocenters. The average Bonchev–Trinajstić information content (AvgIpc) is 3.00. The molecule has 1 aromatic heterocycles. The molecule has 0 spiro atoms. The van der Waals surface area contributed by atoms with Crippen LogP contribution in [0.1, 0.15) is 32.6 Å². The van der Waals surface area contributed by atoms with Crippen LogP contribution in [0, 0.1) is 28.4 Å². The Morgan fingerprint density at radius 2 is 2.12 bits per heavy atom. The number of nitriles is 1. The molecule has 0 aliphatic carbocycles. The van der Waals surface area contributed by atoms with Crippen molar-refractivity contribution in [3.8, 4) is 6.07 Å². The zero-order chi connectivity index (χ0) is 19.3. The summed E-state index contributed by atoms with van der Waals surface area (Å²) in [7, 11) is 0. The molecule has 26 heavy (non-hydrogen) atoms. The molecule has 0 aliphatic heterocycles. The number of carbonyl (C=O) groups is 2. The topological polar surface area (TPSA) is 122 Å². The zero-order valence-corrected chi connectivity index (χ0v) is 14.9. The lowest BCUT2D eigenvalue weighted by molar-refractivity contribution is -0.384. The van der Waals surface area contributed by atoms with Gasteiger partial charge in [-0.1, -0.05) is 6.92 Å². The second-order valence-electron chi connectivity index (χ2n) is 5.29. The third-order valence-corrected chi connectivity index (χ3v) is 4.85. The summed E-state index contributed by atoms with van der Waals surface area (Å²) in [5.41, 5.74) is 0.795. The Kier molecular flexibility index (Phi) is 6.03. The van der Waals surface area contributed by atoms with E-state index in [1.807, 2.05) is 13.8 Å². The fourth-order valence-electron chi connectivity index (χ4n) is 2.21. The van der Waals surface area contributed by atoms with E-state index in [0.717, 1.165) is 22.9 Å². The Balaban J connectivity index is 1.99. The van der Waals surface area contributed by atoms with E-state index < -0.39 is 23.4 Å². The number of hydrogen-bond donors (Lipinski definition) is 1. The number of aryl methyl sites for hydroxylation is 2. The summed E-state index contributed by atoms with van der Waals surface area (Å²) in [5.74, 6) is -1.25. The number of non-ortho nitro benzene ring substituents is 1. The SMILES string of the molecule is CCc1sc(C(=O)OCC(=O)Nc2ccc([N+](=O)[O-])cc2C#N)cc1C. The molecule has 0 saturated heterocycles. The van der Waals surface area contributed by atoms with Crippen molar-refractivity contribution in [3.05, 3.63) is 55.3 Å². The predicted octanol–water partition coefficient (Wildman–Crippen LogP) is 3.19. The summed E-state index contributed by atoms with van der Waals surface area (Å²) in [6.07, 6.45) is 0.807. The van der Waals surface area contributed by atoms with Gasteiger partial charge in [-0.15, -0.1) is 11.3 Å². The molecule has 9 heteroatoms. The molecule has 0 radical (unpaired) electrons. The van der Waals surface area contributed by atoms with Crippen molar-refractivity contribution in [1.29, 1.82) is 5.26 Å². The largest absolute Gasteiger partial charge is 0.451 e. The molecule has 0 bridgehead atoms. The van der Waals surface area contributed by atoms with E-state index in [0.29, 0.717) is 4.88 Å². The molecule has 2 aromatic rings. The molecular formula is C17H15N3O5S.